The van der Waals surface area contributed by atoms with Crippen LogP contribution in [0, 0.1) is 22.5 Å². The van der Waals surface area contributed by atoms with Gasteiger partial charge in [0, 0.05) is 11.6 Å². The van der Waals surface area contributed by atoms with Crippen LogP contribution in [0.2, 0.25) is 0 Å². The Bertz CT molecular complexity index is 314. The van der Waals surface area contributed by atoms with Crippen molar-refractivity contribution in [2.24, 2.45) is 0 Å². The van der Waals surface area contributed by atoms with Gasteiger partial charge in [0.2, 0.25) is 0 Å². The lowest BCUT2D eigenvalue weighted by molar-refractivity contribution is -0.576. The standard InChI is InChI=1S/C9H14N4O2/c1-2-3-11-5-9(13(14)15)4-10-7-12(6-9)8-11/h1,10H,3-8H2/t9-/m1/s1. The lowest BCUT2D eigenvalue weighted by Gasteiger charge is -2.45. The van der Waals surface area contributed by atoms with Gasteiger partial charge in [-0.2, -0.15) is 0 Å². The van der Waals surface area contributed by atoms with E-state index in [0.29, 0.717) is 39.5 Å². The molecule has 0 aliphatic carbocycles. The lowest BCUT2D eigenvalue weighted by atomic mass is 9.95. The summed E-state index contributed by atoms with van der Waals surface area (Å²) in [4.78, 5) is 14.9. The highest BCUT2D eigenvalue weighted by molar-refractivity contribution is 4.98. The molecular weight excluding hydrogens is 196 g/mol. The molecule has 2 bridgehead atoms. The summed E-state index contributed by atoms with van der Waals surface area (Å²) >= 11 is 0. The minimum Gasteiger partial charge on any atom is -0.297 e. The van der Waals surface area contributed by atoms with Crippen LogP contribution in [-0.4, -0.2) is 59.8 Å². The Morgan fingerprint density at radius 1 is 1.60 bits per heavy atom. The van der Waals surface area contributed by atoms with E-state index >= 15 is 0 Å². The Labute approximate surface area is 88.4 Å². The molecule has 0 saturated carbocycles. The fourth-order valence-electron chi connectivity index (χ4n) is 2.34. The van der Waals surface area contributed by atoms with Crippen molar-refractivity contribution in [1.82, 2.24) is 15.1 Å². The van der Waals surface area contributed by atoms with Crippen LogP contribution in [0.3, 0.4) is 0 Å². The van der Waals surface area contributed by atoms with Gasteiger partial charge in [-0.25, -0.2) is 0 Å². The summed E-state index contributed by atoms with van der Waals surface area (Å²) in [6, 6.07) is 0. The zero-order valence-corrected chi connectivity index (χ0v) is 8.48. The Kier molecular flexibility index (Phi) is 2.61. The van der Waals surface area contributed by atoms with Gasteiger partial charge in [-0.15, -0.1) is 6.42 Å². The molecule has 1 N–H and O–H groups in total. The van der Waals surface area contributed by atoms with Gasteiger partial charge < -0.3 is 0 Å². The Hall–Kier alpha value is -1.16. The topological polar surface area (TPSA) is 61.6 Å². The maximum atomic E-state index is 11.1. The number of hydrogen-bond acceptors (Lipinski definition) is 5. The molecule has 2 aliphatic rings. The minimum atomic E-state index is -0.882. The van der Waals surface area contributed by atoms with Crippen molar-refractivity contribution in [3.05, 3.63) is 10.1 Å². The van der Waals surface area contributed by atoms with E-state index in [9.17, 15) is 10.1 Å². The van der Waals surface area contributed by atoms with Crippen molar-refractivity contribution in [1.29, 1.82) is 0 Å². The van der Waals surface area contributed by atoms with Crippen molar-refractivity contribution in [3.63, 3.8) is 0 Å². The molecule has 0 aromatic carbocycles. The van der Waals surface area contributed by atoms with Crippen LogP contribution in [0.5, 0.6) is 0 Å². The highest BCUT2D eigenvalue weighted by Gasteiger charge is 2.51. The zero-order valence-electron chi connectivity index (χ0n) is 8.48. The molecule has 0 radical (unpaired) electrons. The summed E-state index contributed by atoms with van der Waals surface area (Å²) < 4.78 is 0. The first-order valence-electron chi connectivity index (χ1n) is 4.90. The molecule has 2 aliphatic heterocycles. The van der Waals surface area contributed by atoms with E-state index in [1.54, 1.807) is 0 Å². The van der Waals surface area contributed by atoms with Crippen molar-refractivity contribution >= 4 is 0 Å². The van der Waals surface area contributed by atoms with Gasteiger partial charge in [-0.05, 0) is 0 Å². The summed E-state index contributed by atoms with van der Waals surface area (Å²) in [6.45, 7) is 3.29. The van der Waals surface area contributed by atoms with E-state index in [4.69, 9.17) is 6.42 Å². The average molecular weight is 210 g/mol. The number of nitro groups is 1. The molecule has 0 amide bonds. The van der Waals surface area contributed by atoms with E-state index in [2.05, 4.69) is 11.2 Å². The second kappa shape index (κ2) is 3.77. The van der Waals surface area contributed by atoms with Crippen molar-refractivity contribution in [3.8, 4) is 12.3 Å². The Morgan fingerprint density at radius 3 is 3.07 bits per heavy atom. The zero-order chi connectivity index (χ0) is 10.9. The van der Waals surface area contributed by atoms with Crippen LogP contribution in [0.15, 0.2) is 0 Å². The number of hydrogen-bond donors (Lipinski definition) is 1. The average Bonchev–Trinajstić information content (AvgIpc) is 2.17. The molecule has 2 atom stereocenters. The fraction of sp³-hybridized carbons (Fsp3) is 0.778. The van der Waals surface area contributed by atoms with E-state index < -0.39 is 5.54 Å². The van der Waals surface area contributed by atoms with E-state index in [1.165, 1.54) is 0 Å². The molecule has 6 heteroatoms. The molecule has 2 saturated heterocycles. The minimum absolute atomic E-state index is 0.172. The summed E-state index contributed by atoms with van der Waals surface area (Å²) in [7, 11) is 0. The fourth-order valence-corrected chi connectivity index (χ4v) is 2.34. The lowest BCUT2D eigenvalue weighted by Crippen LogP contribution is -2.71. The first-order valence-corrected chi connectivity index (χ1v) is 4.90. The molecule has 2 fully saturated rings. The number of terminal acetylenes is 1. The van der Waals surface area contributed by atoms with Crippen LogP contribution in [0.4, 0.5) is 0 Å². The predicted molar refractivity (Wildman–Crippen MR) is 54.6 cm³/mol. The number of rotatable bonds is 2. The summed E-state index contributed by atoms with van der Waals surface area (Å²) in [6.07, 6.45) is 5.23. The predicted octanol–water partition coefficient (Wildman–Crippen LogP) is -1.23. The molecule has 6 nitrogen and oxygen atoms in total. The molecule has 15 heavy (non-hydrogen) atoms. The second-order valence-corrected chi connectivity index (χ2v) is 4.23. The third kappa shape index (κ3) is 1.81. The van der Waals surface area contributed by atoms with Crippen LogP contribution >= 0.6 is 0 Å². The van der Waals surface area contributed by atoms with Gasteiger partial charge in [0.05, 0.1) is 32.8 Å². The summed E-state index contributed by atoms with van der Waals surface area (Å²) in [5.74, 6) is 2.54. The van der Waals surface area contributed by atoms with Gasteiger partial charge in [0.25, 0.3) is 5.54 Å². The van der Waals surface area contributed by atoms with Crippen molar-refractivity contribution in [2.45, 2.75) is 5.54 Å². The second-order valence-electron chi connectivity index (χ2n) is 4.23. The monoisotopic (exact) mass is 210 g/mol. The number of fused-ring (bicyclic) bond motifs is 2. The molecule has 0 spiro atoms. The SMILES string of the molecule is C#CCN1CN2CNC[C@@]([N+](=O)[O-])(C1)C2. The smallest absolute Gasteiger partial charge is 0.259 e. The van der Waals surface area contributed by atoms with Crippen molar-refractivity contribution in [2.75, 3.05) is 39.5 Å². The molecule has 0 aromatic heterocycles. The van der Waals surface area contributed by atoms with E-state index in [1.807, 2.05) is 9.80 Å². The molecule has 82 valence electrons. The number of nitrogens with one attached hydrogen (secondary N) is 1. The van der Waals surface area contributed by atoms with Gasteiger partial charge in [0.15, 0.2) is 0 Å². The Morgan fingerprint density at radius 2 is 2.40 bits per heavy atom. The molecule has 0 aromatic rings. The highest BCUT2D eigenvalue weighted by Crippen LogP contribution is 2.21. The summed E-state index contributed by atoms with van der Waals surface area (Å²) in [5.41, 5.74) is -0.882. The van der Waals surface area contributed by atoms with Gasteiger partial charge in [-0.1, -0.05) is 5.92 Å². The highest BCUT2D eigenvalue weighted by atomic mass is 16.6. The maximum Gasteiger partial charge on any atom is 0.259 e. The van der Waals surface area contributed by atoms with Crippen LogP contribution in [0.1, 0.15) is 0 Å². The van der Waals surface area contributed by atoms with Crippen LogP contribution in [-0.2, 0) is 0 Å². The van der Waals surface area contributed by atoms with Gasteiger partial charge in [-0.3, -0.25) is 25.2 Å². The first kappa shape index (κ1) is 10.4. The van der Waals surface area contributed by atoms with Crippen LogP contribution in [0.25, 0.3) is 0 Å². The largest absolute Gasteiger partial charge is 0.297 e. The van der Waals surface area contributed by atoms with E-state index in [0.717, 1.165) is 0 Å². The molecule has 2 heterocycles. The van der Waals surface area contributed by atoms with Crippen LogP contribution < -0.4 is 5.32 Å². The van der Waals surface area contributed by atoms with Crippen molar-refractivity contribution < 1.29 is 4.92 Å². The molecular formula is C9H14N4O2. The molecule has 2 rings (SSSR count). The third-order valence-electron chi connectivity index (χ3n) is 2.93. The maximum absolute atomic E-state index is 11.1. The summed E-state index contributed by atoms with van der Waals surface area (Å²) in [5, 5.41) is 14.2. The normalized spacial score (nSPS) is 35.8. The molecule has 1 unspecified atom stereocenters. The first-order chi connectivity index (χ1) is 7.16. The van der Waals surface area contributed by atoms with Gasteiger partial charge >= 0.3 is 0 Å². The number of nitrogens with zero attached hydrogens (tertiary/aromatic N) is 3. The third-order valence-corrected chi connectivity index (χ3v) is 2.93. The quantitative estimate of drug-likeness (QED) is 0.351. The van der Waals surface area contributed by atoms with Gasteiger partial charge in [0.1, 0.15) is 0 Å². The Balaban J connectivity index is 2.15. The van der Waals surface area contributed by atoms with E-state index in [-0.39, 0.29) is 4.92 Å².